The molecule has 2 unspecified atom stereocenters. The van der Waals surface area contributed by atoms with Crippen molar-refractivity contribution in [3.63, 3.8) is 0 Å². The first-order chi connectivity index (χ1) is 16.9. The zero-order valence-electron chi connectivity index (χ0n) is 20.0. The molecule has 3 rings (SSSR count). The zero-order valence-corrected chi connectivity index (χ0v) is 20.0. The summed E-state index contributed by atoms with van der Waals surface area (Å²) in [5.74, 6) is 4.78. The fourth-order valence-electron chi connectivity index (χ4n) is 3.64. The van der Waals surface area contributed by atoms with E-state index in [-0.39, 0.29) is 45.7 Å². The molecule has 0 heterocycles. The Labute approximate surface area is 209 Å². The lowest BCUT2D eigenvalue weighted by Crippen LogP contribution is -2.43. The Balaban J connectivity index is 0.000000270. The molecule has 0 saturated heterocycles. The van der Waals surface area contributed by atoms with Crippen LogP contribution in [0.5, 0.6) is 0 Å². The number of nitrogens with zero attached hydrogens (tertiary/aromatic N) is 6. The summed E-state index contributed by atoms with van der Waals surface area (Å²) in [4.78, 5) is 30.9. The summed E-state index contributed by atoms with van der Waals surface area (Å²) in [7, 11) is 0. The molecule has 0 aromatic carbocycles. The minimum atomic E-state index is -0.718. The van der Waals surface area contributed by atoms with Gasteiger partial charge in [-0.2, -0.15) is 0 Å². The van der Waals surface area contributed by atoms with E-state index in [1.54, 1.807) is 45.3 Å². The predicted octanol–water partition coefficient (Wildman–Crippen LogP) is 3.69. The SMILES string of the molecule is [C-]#[N+]C(=C=[N-])C1=C(C)C(=O)C1=C.[C-]#[N+]C(=C=[N-])C1=C(C)C(=O)C1=C.[C-]#[N+]C(=C=[N-])C1=C(C)C([O-])C1C. The molecule has 36 heavy (non-hydrogen) atoms. The molecule has 3 aliphatic carbocycles. The second-order valence-electron chi connectivity index (χ2n) is 7.64. The Bertz CT molecular complexity index is 1410. The molecule has 3 aliphatic rings. The Morgan fingerprint density at radius 3 is 1.36 bits per heavy atom. The maximum absolute atomic E-state index is 11.1. The molecule has 9 nitrogen and oxygen atoms in total. The number of allylic oxidation sites excluding steroid dienone is 5. The molecule has 0 aromatic heterocycles. The first-order valence-corrected chi connectivity index (χ1v) is 10.1. The minimum Gasteiger partial charge on any atom is -0.848 e. The molecule has 0 aromatic rings. The van der Waals surface area contributed by atoms with Crippen molar-refractivity contribution in [3.05, 3.63) is 125 Å². The lowest BCUT2D eigenvalue weighted by Gasteiger charge is -2.44. The first-order valence-electron chi connectivity index (χ1n) is 10.1. The van der Waals surface area contributed by atoms with E-state index in [9.17, 15) is 14.7 Å². The van der Waals surface area contributed by atoms with Crippen molar-refractivity contribution in [2.45, 2.75) is 33.8 Å². The highest BCUT2D eigenvalue weighted by molar-refractivity contribution is 6.22. The number of hydrogen-bond donors (Lipinski definition) is 0. The fraction of sp³-hybridized carbons (Fsp3) is 0.222. The summed E-state index contributed by atoms with van der Waals surface area (Å²) in [5.41, 5.74) is 3.64. The molecule has 0 N–H and O–H groups in total. The van der Waals surface area contributed by atoms with Gasteiger partial charge in [-0.05, 0) is 43.4 Å². The highest BCUT2D eigenvalue weighted by Crippen LogP contribution is 2.37. The average Bonchev–Trinajstić information content (AvgIpc) is 2.91. The normalized spacial score (nSPS) is 19.1. The summed E-state index contributed by atoms with van der Waals surface area (Å²) in [5, 5.41) is 36.6. The van der Waals surface area contributed by atoms with Crippen LogP contribution in [0.1, 0.15) is 27.7 Å². The van der Waals surface area contributed by atoms with Gasteiger partial charge in [-0.15, -0.1) is 0 Å². The van der Waals surface area contributed by atoms with Gasteiger partial charge in [-0.3, -0.25) is 27.2 Å². The predicted molar refractivity (Wildman–Crippen MR) is 135 cm³/mol. The van der Waals surface area contributed by atoms with E-state index >= 15 is 0 Å². The number of carbonyl (C=O) groups excluding carboxylic acids is 2. The van der Waals surface area contributed by atoms with Gasteiger partial charge in [0, 0.05) is 22.3 Å². The largest absolute Gasteiger partial charge is 0.848 e. The number of ketones is 2. The van der Waals surface area contributed by atoms with Crippen LogP contribution in [0, 0.1) is 25.6 Å². The van der Waals surface area contributed by atoms with Gasteiger partial charge in [0.25, 0.3) is 0 Å². The lowest BCUT2D eigenvalue weighted by atomic mass is 9.75. The molecular formula is C27H18N6O3-4. The van der Waals surface area contributed by atoms with E-state index in [0.717, 1.165) is 0 Å². The van der Waals surface area contributed by atoms with Gasteiger partial charge in [-0.25, -0.2) is 14.5 Å². The highest BCUT2D eigenvalue weighted by atomic mass is 16.3. The molecule has 0 amide bonds. The summed E-state index contributed by atoms with van der Waals surface area (Å²) in [6.45, 7) is 33.6. The standard InChI is InChI=1S/C9H8N2O.2C9H5N2O/c3*1-5-8(6(2)9(5)12)7(4-10)11-3/h5,9H,1-2H3;2*1H2,2H3/q-2;2*-1. The smallest absolute Gasteiger partial charge is 0.213 e. The molecule has 2 atom stereocenters. The van der Waals surface area contributed by atoms with Gasteiger partial charge < -0.3 is 21.3 Å². The van der Waals surface area contributed by atoms with Gasteiger partial charge in [0.05, 0.1) is 19.7 Å². The summed E-state index contributed by atoms with van der Waals surface area (Å²) in [6.07, 6.45) is -0.718. The third-order valence-electron chi connectivity index (χ3n) is 5.73. The average molecular weight is 474 g/mol. The Morgan fingerprint density at radius 2 is 1.14 bits per heavy atom. The van der Waals surface area contributed by atoms with E-state index in [2.05, 4.69) is 27.7 Å². The minimum absolute atomic E-state index is 0.0444. The summed E-state index contributed by atoms with van der Waals surface area (Å²) in [6, 6.07) is 0. The van der Waals surface area contributed by atoms with Gasteiger partial charge in [0.2, 0.25) is 17.1 Å². The molecule has 0 spiro atoms. The van der Waals surface area contributed by atoms with Crippen LogP contribution < -0.4 is 5.11 Å². The van der Waals surface area contributed by atoms with E-state index in [0.29, 0.717) is 33.4 Å². The summed E-state index contributed by atoms with van der Waals surface area (Å²) < 4.78 is 0. The van der Waals surface area contributed by atoms with Crippen molar-refractivity contribution >= 4 is 29.2 Å². The fourth-order valence-corrected chi connectivity index (χ4v) is 3.64. The molecule has 0 aliphatic heterocycles. The quantitative estimate of drug-likeness (QED) is 0.350. The van der Waals surface area contributed by atoms with E-state index in [1.807, 2.05) is 0 Å². The summed E-state index contributed by atoms with van der Waals surface area (Å²) >= 11 is 0. The van der Waals surface area contributed by atoms with Gasteiger partial charge >= 0.3 is 0 Å². The van der Waals surface area contributed by atoms with Crippen molar-refractivity contribution in [3.8, 4) is 0 Å². The molecular weight excluding hydrogens is 456 g/mol. The van der Waals surface area contributed by atoms with Crippen LogP contribution >= 0.6 is 0 Å². The molecule has 178 valence electrons. The first kappa shape index (κ1) is 28.9. The zero-order chi connectivity index (χ0) is 27.9. The number of carbonyl (C=O) groups is 2. The van der Waals surface area contributed by atoms with Gasteiger partial charge in [0.15, 0.2) is 11.6 Å². The molecule has 0 fully saturated rings. The Hall–Kier alpha value is -5.18. The molecule has 9 heteroatoms. The van der Waals surface area contributed by atoms with Gasteiger partial charge in [0.1, 0.15) is 0 Å². The van der Waals surface area contributed by atoms with Crippen molar-refractivity contribution in [1.82, 2.24) is 0 Å². The maximum Gasteiger partial charge on any atom is 0.213 e. The van der Waals surface area contributed by atoms with Crippen molar-refractivity contribution < 1.29 is 14.7 Å². The third-order valence-corrected chi connectivity index (χ3v) is 5.73. The van der Waals surface area contributed by atoms with Crippen LogP contribution in [0.15, 0.2) is 74.8 Å². The van der Waals surface area contributed by atoms with Crippen molar-refractivity contribution in [2.75, 3.05) is 0 Å². The van der Waals surface area contributed by atoms with E-state index < -0.39 is 6.10 Å². The van der Waals surface area contributed by atoms with Crippen LogP contribution in [0.2, 0.25) is 0 Å². The number of hydrogen-bond acceptors (Lipinski definition) is 3. The third kappa shape index (κ3) is 5.00. The molecule has 0 saturated carbocycles. The number of Topliss-reactive ketones (excluding diaryl/α,β-unsaturated/α-hetero) is 2. The second-order valence-corrected chi connectivity index (χ2v) is 7.64. The monoisotopic (exact) mass is 474 g/mol. The molecule has 0 radical (unpaired) electrons. The topological polar surface area (TPSA) is 137 Å². The van der Waals surface area contributed by atoms with Crippen LogP contribution in [-0.4, -0.2) is 35.3 Å². The second kappa shape index (κ2) is 11.8. The van der Waals surface area contributed by atoms with Crippen LogP contribution in [-0.2, 0) is 9.59 Å². The number of rotatable bonds is 3. The Morgan fingerprint density at radius 1 is 0.806 bits per heavy atom. The Kier molecular flexibility index (Phi) is 9.46. The highest BCUT2D eigenvalue weighted by Gasteiger charge is 2.31. The van der Waals surface area contributed by atoms with Crippen LogP contribution in [0.3, 0.4) is 0 Å². The maximum atomic E-state index is 11.1. The lowest BCUT2D eigenvalue weighted by molar-refractivity contribution is -0.423. The van der Waals surface area contributed by atoms with Crippen LogP contribution in [0.25, 0.3) is 30.8 Å². The molecule has 0 bridgehead atoms. The van der Waals surface area contributed by atoms with E-state index in [1.165, 1.54) is 0 Å². The van der Waals surface area contributed by atoms with E-state index in [4.69, 9.17) is 35.9 Å². The van der Waals surface area contributed by atoms with Crippen molar-refractivity contribution in [1.29, 1.82) is 0 Å². The van der Waals surface area contributed by atoms with Gasteiger partial charge in [-0.1, -0.05) is 31.8 Å². The van der Waals surface area contributed by atoms with Crippen LogP contribution in [0.4, 0.5) is 0 Å². The van der Waals surface area contributed by atoms with Crippen molar-refractivity contribution in [2.24, 2.45) is 5.92 Å².